The molecule has 0 bridgehead atoms. The first-order valence-electron chi connectivity index (χ1n) is 7.71. The minimum Gasteiger partial charge on any atom is -0.489 e. The second kappa shape index (κ2) is 8.68. The van der Waals surface area contributed by atoms with Gasteiger partial charge in [-0.2, -0.15) is 0 Å². The average Bonchev–Trinajstić information content (AvgIpc) is 2.61. The van der Waals surface area contributed by atoms with E-state index in [1.165, 1.54) is 30.9 Å². The molecule has 2 aromatic rings. The number of aromatic nitrogens is 1. The summed E-state index contributed by atoms with van der Waals surface area (Å²) in [6, 6.07) is 11.6. The number of hydrogen-bond donors (Lipinski definition) is 1. The first-order valence-corrected chi connectivity index (χ1v) is 7.71. The third kappa shape index (κ3) is 5.49. The Hall–Kier alpha value is -3.09. The summed E-state index contributed by atoms with van der Waals surface area (Å²) in [4.78, 5) is 35.1. The summed E-state index contributed by atoms with van der Waals surface area (Å²) in [6.45, 7) is 1.62. The van der Waals surface area contributed by atoms with Gasteiger partial charge in [-0.15, -0.1) is 0 Å². The third-order valence-corrected chi connectivity index (χ3v) is 3.46. The van der Waals surface area contributed by atoms with E-state index in [1.807, 2.05) is 30.3 Å². The van der Waals surface area contributed by atoms with Gasteiger partial charge in [0.05, 0.1) is 13.7 Å². The molecule has 25 heavy (non-hydrogen) atoms. The first kappa shape index (κ1) is 18.3. The van der Waals surface area contributed by atoms with E-state index >= 15 is 0 Å². The maximum absolute atomic E-state index is 12.2. The van der Waals surface area contributed by atoms with Crippen LogP contribution in [0.3, 0.4) is 0 Å². The molecule has 1 aromatic heterocycles. The second-order valence-electron chi connectivity index (χ2n) is 5.40. The van der Waals surface area contributed by atoms with Crippen LogP contribution in [0.4, 0.5) is 0 Å². The second-order valence-corrected chi connectivity index (χ2v) is 5.40. The minimum atomic E-state index is -0.934. The average molecular weight is 344 g/mol. The van der Waals surface area contributed by atoms with Crippen LogP contribution in [0.25, 0.3) is 0 Å². The summed E-state index contributed by atoms with van der Waals surface area (Å²) in [6.07, 6.45) is 1.51. The van der Waals surface area contributed by atoms with Crippen molar-refractivity contribution in [3.63, 3.8) is 0 Å². The zero-order valence-electron chi connectivity index (χ0n) is 14.1. The topological polar surface area (TPSA) is 86.6 Å². The maximum Gasteiger partial charge on any atom is 0.330 e. The number of benzene rings is 1. The lowest BCUT2D eigenvalue weighted by atomic mass is 10.2. The molecule has 0 fully saturated rings. The highest BCUT2D eigenvalue weighted by Crippen LogP contribution is 2.10. The summed E-state index contributed by atoms with van der Waals surface area (Å²) in [5, 5.41) is 2.46. The van der Waals surface area contributed by atoms with Gasteiger partial charge in [-0.3, -0.25) is 9.59 Å². The van der Waals surface area contributed by atoms with E-state index in [2.05, 4.69) is 10.1 Å². The van der Waals surface area contributed by atoms with Crippen molar-refractivity contribution >= 4 is 11.9 Å². The Kier molecular flexibility index (Phi) is 6.33. The van der Waals surface area contributed by atoms with Crippen molar-refractivity contribution in [1.82, 2.24) is 9.88 Å². The molecule has 0 aliphatic carbocycles. The van der Waals surface area contributed by atoms with Crippen LogP contribution < -0.4 is 15.6 Å². The molecule has 1 amide bonds. The summed E-state index contributed by atoms with van der Waals surface area (Å²) in [5.41, 5.74) is 0.646. The molecule has 7 nitrogen and oxygen atoms in total. The van der Waals surface area contributed by atoms with Gasteiger partial charge in [0, 0.05) is 19.2 Å². The molecule has 1 N–H and O–H groups in total. The Labute approximate surface area is 145 Å². The molecule has 0 spiro atoms. The standard InChI is InChI=1S/C18H20N2O5/c1-13(21)19-16(18(23)24-2)11-20-9-8-15(10-17(20)22)25-12-14-6-4-3-5-7-14/h3-10,16H,11-12H2,1-2H3,(H,19,21)/t16-/m0/s1. The van der Waals surface area contributed by atoms with E-state index in [-0.39, 0.29) is 18.0 Å². The zero-order valence-corrected chi connectivity index (χ0v) is 14.1. The van der Waals surface area contributed by atoms with Gasteiger partial charge in [0.1, 0.15) is 18.4 Å². The largest absolute Gasteiger partial charge is 0.489 e. The van der Waals surface area contributed by atoms with E-state index in [9.17, 15) is 14.4 Å². The highest BCUT2D eigenvalue weighted by atomic mass is 16.5. The molecule has 0 aliphatic rings. The summed E-state index contributed by atoms with van der Waals surface area (Å²) in [5.74, 6) is -0.572. The van der Waals surface area contributed by atoms with Crippen LogP contribution in [0, 0.1) is 0 Å². The van der Waals surface area contributed by atoms with Crippen LogP contribution >= 0.6 is 0 Å². The Morgan fingerprint density at radius 1 is 1.20 bits per heavy atom. The van der Waals surface area contributed by atoms with Crippen molar-refractivity contribution in [1.29, 1.82) is 0 Å². The first-order chi connectivity index (χ1) is 12.0. The Morgan fingerprint density at radius 2 is 1.92 bits per heavy atom. The van der Waals surface area contributed by atoms with E-state index in [0.717, 1.165) is 5.56 Å². The van der Waals surface area contributed by atoms with Gasteiger partial charge in [-0.05, 0) is 11.6 Å². The molecule has 2 rings (SSSR count). The molecular formula is C18H20N2O5. The zero-order chi connectivity index (χ0) is 18.2. The highest BCUT2D eigenvalue weighted by Gasteiger charge is 2.21. The summed E-state index contributed by atoms with van der Waals surface area (Å²) >= 11 is 0. The van der Waals surface area contributed by atoms with Crippen molar-refractivity contribution in [2.75, 3.05) is 7.11 Å². The molecule has 0 saturated carbocycles. The molecule has 1 aromatic carbocycles. The van der Waals surface area contributed by atoms with Crippen LogP contribution in [0.5, 0.6) is 5.75 Å². The molecule has 1 heterocycles. The molecule has 0 unspecified atom stereocenters. The van der Waals surface area contributed by atoms with Gasteiger partial charge in [-0.1, -0.05) is 30.3 Å². The number of esters is 1. The lowest BCUT2D eigenvalue weighted by Crippen LogP contribution is -2.44. The molecule has 7 heteroatoms. The van der Waals surface area contributed by atoms with E-state index < -0.39 is 12.0 Å². The number of pyridine rings is 1. The highest BCUT2D eigenvalue weighted by molar-refractivity contribution is 5.83. The molecular weight excluding hydrogens is 324 g/mol. The van der Waals surface area contributed by atoms with E-state index in [0.29, 0.717) is 12.4 Å². The number of nitrogens with one attached hydrogen (secondary N) is 1. The predicted molar refractivity (Wildman–Crippen MR) is 91.1 cm³/mol. The van der Waals surface area contributed by atoms with Gasteiger partial charge in [-0.25, -0.2) is 4.79 Å². The summed E-state index contributed by atoms with van der Waals surface area (Å²) in [7, 11) is 1.22. The number of hydrogen-bond acceptors (Lipinski definition) is 5. The van der Waals surface area contributed by atoms with Crippen molar-refractivity contribution in [2.45, 2.75) is 26.1 Å². The fourth-order valence-corrected chi connectivity index (χ4v) is 2.23. The molecule has 0 saturated heterocycles. The lowest BCUT2D eigenvalue weighted by molar-refractivity contribution is -0.145. The number of rotatable bonds is 7. The molecule has 132 valence electrons. The van der Waals surface area contributed by atoms with Gasteiger partial charge in [0.25, 0.3) is 5.56 Å². The van der Waals surface area contributed by atoms with Gasteiger partial charge < -0.3 is 19.4 Å². The van der Waals surface area contributed by atoms with Crippen molar-refractivity contribution in [3.05, 3.63) is 64.6 Å². The van der Waals surface area contributed by atoms with E-state index in [1.54, 1.807) is 6.07 Å². The molecule has 0 aliphatic heterocycles. The number of methoxy groups -OCH3 is 1. The van der Waals surface area contributed by atoms with Gasteiger partial charge >= 0.3 is 5.97 Å². The Bertz CT molecular complexity index is 786. The fraction of sp³-hybridized carbons (Fsp3) is 0.278. The number of amides is 1. The van der Waals surface area contributed by atoms with Crippen LogP contribution in [0.15, 0.2) is 53.5 Å². The van der Waals surface area contributed by atoms with Crippen LogP contribution in [-0.2, 0) is 27.5 Å². The summed E-state index contributed by atoms with van der Waals surface area (Å²) < 4.78 is 11.5. The van der Waals surface area contributed by atoms with Crippen LogP contribution in [0.2, 0.25) is 0 Å². The lowest BCUT2D eigenvalue weighted by Gasteiger charge is -2.17. The van der Waals surface area contributed by atoms with Crippen molar-refractivity contribution < 1.29 is 19.1 Å². The van der Waals surface area contributed by atoms with Crippen molar-refractivity contribution in [2.24, 2.45) is 0 Å². The molecule has 1 atom stereocenters. The third-order valence-electron chi connectivity index (χ3n) is 3.46. The van der Waals surface area contributed by atoms with Gasteiger partial charge in [0.15, 0.2) is 0 Å². The number of ether oxygens (including phenoxy) is 2. The quantitative estimate of drug-likeness (QED) is 0.760. The SMILES string of the molecule is COC(=O)[C@H](Cn1ccc(OCc2ccccc2)cc1=O)NC(C)=O. The number of nitrogens with zero attached hydrogens (tertiary/aromatic N) is 1. The predicted octanol–water partition coefficient (Wildman–Crippen LogP) is 1.10. The molecule has 0 radical (unpaired) electrons. The van der Waals surface area contributed by atoms with Crippen molar-refractivity contribution in [3.8, 4) is 5.75 Å². The number of carbonyl (C=O) groups is 2. The van der Waals surface area contributed by atoms with E-state index in [4.69, 9.17) is 4.74 Å². The van der Waals surface area contributed by atoms with Gasteiger partial charge in [0.2, 0.25) is 5.91 Å². The number of carbonyl (C=O) groups excluding carboxylic acids is 2. The van der Waals surface area contributed by atoms with Crippen LogP contribution in [0.1, 0.15) is 12.5 Å². The monoisotopic (exact) mass is 344 g/mol. The normalized spacial score (nSPS) is 11.4. The maximum atomic E-state index is 12.2. The fourth-order valence-electron chi connectivity index (χ4n) is 2.23. The Balaban J connectivity index is 2.06. The minimum absolute atomic E-state index is 0.0238. The smallest absolute Gasteiger partial charge is 0.330 e. The Morgan fingerprint density at radius 3 is 2.52 bits per heavy atom. The van der Waals surface area contributed by atoms with Crippen LogP contribution in [-0.4, -0.2) is 29.6 Å².